The number of nitrogens with two attached hydrogens (primary N) is 1. The van der Waals surface area contributed by atoms with Crippen LogP contribution in [0.4, 0.5) is 5.69 Å². The number of carbonyl (C=O) groups excluding carboxylic acids is 1. The average molecular weight is 268 g/mol. The van der Waals surface area contributed by atoms with E-state index in [-0.39, 0.29) is 11.3 Å². The quantitative estimate of drug-likeness (QED) is 0.780. The number of aryl methyl sites for hydroxylation is 1. The maximum Gasteiger partial charge on any atom is 0.273 e. The van der Waals surface area contributed by atoms with Gasteiger partial charge in [0, 0.05) is 33.0 Å². The second-order valence-electron chi connectivity index (χ2n) is 5.38. The summed E-state index contributed by atoms with van der Waals surface area (Å²) in [6.45, 7) is 8.04. The normalized spacial score (nSPS) is 11.6. The molecule has 0 atom stereocenters. The molecule has 0 aliphatic heterocycles. The van der Waals surface area contributed by atoms with Gasteiger partial charge < -0.3 is 15.8 Å². The molecule has 108 valence electrons. The molecule has 1 amide bonds. The van der Waals surface area contributed by atoms with E-state index >= 15 is 0 Å². The number of nitrogen functional groups attached to an aromatic ring is 1. The first-order chi connectivity index (χ1) is 8.89. The van der Waals surface area contributed by atoms with Gasteiger partial charge in [-0.3, -0.25) is 9.48 Å². The molecule has 0 radical (unpaired) electrons. The monoisotopic (exact) mass is 268 g/mol. The first kappa shape index (κ1) is 15.5. The Hall–Kier alpha value is -1.56. The molecule has 1 aromatic heterocycles. The molecule has 6 nitrogen and oxygen atoms in total. The Balaban J connectivity index is 2.57. The highest BCUT2D eigenvalue weighted by Gasteiger charge is 2.21. The highest BCUT2D eigenvalue weighted by Crippen LogP contribution is 2.19. The van der Waals surface area contributed by atoms with Gasteiger partial charge in [0.2, 0.25) is 0 Å². The molecule has 1 aromatic rings. The van der Waals surface area contributed by atoms with Crippen molar-refractivity contribution in [2.24, 2.45) is 5.41 Å². The van der Waals surface area contributed by atoms with E-state index in [4.69, 9.17) is 10.5 Å². The molecule has 19 heavy (non-hydrogen) atoms. The zero-order valence-electron chi connectivity index (χ0n) is 12.2. The summed E-state index contributed by atoms with van der Waals surface area (Å²) in [5.74, 6) is -0.227. The smallest absolute Gasteiger partial charge is 0.273 e. The Morgan fingerprint density at radius 2 is 2.26 bits per heavy atom. The number of aromatic nitrogens is 2. The second kappa shape index (κ2) is 6.56. The van der Waals surface area contributed by atoms with Crippen LogP contribution in [0.5, 0.6) is 0 Å². The summed E-state index contributed by atoms with van der Waals surface area (Å²) in [5.41, 5.74) is 6.46. The number of rotatable bonds is 7. The summed E-state index contributed by atoms with van der Waals surface area (Å²) in [5, 5.41) is 7.02. The van der Waals surface area contributed by atoms with Gasteiger partial charge in [0.1, 0.15) is 0 Å². The summed E-state index contributed by atoms with van der Waals surface area (Å²) >= 11 is 0. The minimum atomic E-state index is -0.227. The third-order valence-corrected chi connectivity index (χ3v) is 3.04. The van der Waals surface area contributed by atoms with E-state index in [0.717, 1.165) is 6.42 Å². The topological polar surface area (TPSA) is 82.2 Å². The fraction of sp³-hybridized carbons (Fsp3) is 0.692. The van der Waals surface area contributed by atoms with Crippen LogP contribution in [-0.2, 0) is 11.3 Å². The molecule has 0 aromatic carbocycles. The van der Waals surface area contributed by atoms with Crippen LogP contribution in [0.25, 0.3) is 0 Å². The van der Waals surface area contributed by atoms with Gasteiger partial charge in [-0.15, -0.1) is 0 Å². The number of amides is 1. The van der Waals surface area contributed by atoms with Gasteiger partial charge in [0.05, 0.1) is 5.69 Å². The van der Waals surface area contributed by atoms with E-state index in [1.807, 2.05) is 6.92 Å². The summed E-state index contributed by atoms with van der Waals surface area (Å²) in [4.78, 5) is 12.0. The van der Waals surface area contributed by atoms with Crippen LogP contribution >= 0.6 is 0 Å². The number of nitrogens with one attached hydrogen (secondary N) is 1. The summed E-state index contributed by atoms with van der Waals surface area (Å²) in [6.07, 6.45) is 2.55. The standard InChI is InChI=1S/C13H24N4O2/c1-5-17-8-10(14)11(16-17)12(18)15-9-13(2,3)6-7-19-4/h8H,5-7,9,14H2,1-4H3,(H,15,18). The Labute approximate surface area is 114 Å². The molecular formula is C13H24N4O2. The van der Waals surface area contributed by atoms with E-state index in [0.29, 0.717) is 31.1 Å². The summed E-state index contributed by atoms with van der Waals surface area (Å²) in [6, 6.07) is 0. The van der Waals surface area contributed by atoms with Crippen molar-refractivity contribution in [2.45, 2.75) is 33.7 Å². The predicted molar refractivity (Wildman–Crippen MR) is 74.9 cm³/mol. The van der Waals surface area contributed by atoms with Crippen molar-refractivity contribution < 1.29 is 9.53 Å². The molecule has 0 aliphatic carbocycles. The molecule has 0 spiro atoms. The predicted octanol–water partition coefficient (Wildman–Crippen LogP) is 1.28. The third kappa shape index (κ3) is 4.55. The van der Waals surface area contributed by atoms with E-state index < -0.39 is 0 Å². The number of carbonyl (C=O) groups is 1. The Kier molecular flexibility index (Phi) is 5.35. The number of methoxy groups -OCH3 is 1. The maximum absolute atomic E-state index is 12.0. The Bertz CT molecular complexity index is 426. The lowest BCUT2D eigenvalue weighted by Gasteiger charge is -2.24. The zero-order valence-corrected chi connectivity index (χ0v) is 12.2. The number of hydrogen-bond acceptors (Lipinski definition) is 4. The van der Waals surface area contributed by atoms with Crippen molar-refractivity contribution in [3.8, 4) is 0 Å². The highest BCUT2D eigenvalue weighted by molar-refractivity contribution is 5.97. The zero-order chi connectivity index (χ0) is 14.5. The van der Waals surface area contributed by atoms with Crippen molar-refractivity contribution >= 4 is 11.6 Å². The Morgan fingerprint density at radius 1 is 1.58 bits per heavy atom. The van der Waals surface area contributed by atoms with Crippen molar-refractivity contribution in [1.82, 2.24) is 15.1 Å². The molecule has 1 rings (SSSR count). The van der Waals surface area contributed by atoms with Gasteiger partial charge in [-0.2, -0.15) is 5.10 Å². The molecule has 1 heterocycles. The van der Waals surface area contributed by atoms with Gasteiger partial charge >= 0.3 is 0 Å². The molecule has 3 N–H and O–H groups in total. The molecule has 0 aliphatic rings. The van der Waals surface area contributed by atoms with Crippen LogP contribution in [0.2, 0.25) is 0 Å². The van der Waals surface area contributed by atoms with Crippen LogP contribution < -0.4 is 11.1 Å². The molecule has 6 heteroatoms. The average Bonchev–Trinajstić information content (AvgIpc) is 2.75. The van der Waals surface area contributed by atoms with Crippen LogP contribution in [0.3, 0.4) is 0 Å². The van der Waals surface area contributed by atoms with Crippen LogP contribution in [0, 0.1) is 5.41 Å². The first-order valence-corrected chi connectivity index (χ1v) is 6.49. The Morgan fingerprint density at radius 3 is 2.79 bits per heavy atom. The van der Waals surface area contributed by atoms with Crippen molar-refractivity contribution in [3.05, 3.63) is 11.9 Å². The highest BCUT2D eigenvalue weighted by atomic mass is 16.5. The molecule has 0 bridgehead atoms. The molecule has 0 saturated carbocycles. The summed E-state index contributed by atoms with van der Waals surface area (Å²) in [7, 11) is 1.67. The minimum absolute atomic E-state index is 0.0201. The SMILES string of the molecule is CCn1cc(N)c(C(=O)NCC(C)(C)CCOC)n1. The van der Waals surface area contributed by atoms with Gasteiger partial charge in [0.25, 0.3) is 5.91 Å². The number of ether oxygens (including phenoxy) is 1. The minimum Gasteiger partial charge on any atom is -0.396 e. The van der Waals surface area contributed by atoms with E-state index in [1.54, 1.807) is 18.0 Å². The number of nitrogens with zero attached hydrogens (tertiary/aromatic N) is 2. The maximum atomic E-state index is 12.0. The molecule has 0 saturated heterocycles. The number of anilines is 1. The lowest BCUT2D eigenvalue weighted by atomic mass is 9.89. The molecule has 0 fully saturated rings. The largest absolute Gasteiger partial charge is 0.396 e. The van der Waals surface area contributed by atoms with Crippen molar-refractivity contribution in [1.29, 1.82) is 0 Å². The lowest BCUT2D eigenvalue weighted by Crippen LogP contribution is -2.35. The van der Waals surface area contributed by atoms with Crippen LogP contribution in [0.15, 0.2) is 6.20 Å². The van der Waals surface area contributed by atoms with Crippen LogP contribution in [0.1, 0.15) is 37.7 Å². The van der Waals surface area contributed by atoms with Gasteiger partial charge in [-0.05, 0) is 18.8 Å². The van der Waals surface area contributed by atoms with Gasteiger partial charge in [0.15, 0.2) is 5.69 Å². The first-order valence-electron chi connectivity index (χ1n) is 6.49. The van der Waals surface area contributed by atoms with Crippen molar-refractivity contribution in [2.75, 3.05) is 26.0 Å². The lowest BCUT2D eigenvalue weighted by molar-refractivity contribution is 0.0916. The van der Waals surface area contributed by atoms with Gasteiger partial charge in [-0.25, -0.2) is 0 Å². The van der Waals surface area contributed by atoms with Gasteiger partial charge in [-0.1, -0.05) is 13.8 Å². The molecule has 0 unspecified atom stereocenters. The van der Waals surface area contributed by atoms with Crippen LogP contribution in [-0.4, -0.2) is 35.9 Å². The fourth-order valence-corrected chi connectivity index (χ4v) is 1.65. The summed E-state index contributed by atoms with van der Waals surface area (Å²) < 4.78 is 6.71. The fourth-order valence-electron chi connectivity index (χ4n) is 1.65. The molecular weight excluding hydrogens is 244 g/mol. The number of hydrogen-bond donors (Lipinski definition) is 2. The van der Waals surface area contributed by atoms with E-state index in [1.165, 1.54) is 0 Å². The van der Waals surface area contributed by atoms with E-state index in [9.17, 15) is 4.79 Å². The second-order valence-corrected chi connectivity index (χ2v) is 5.38. The van der Waals surface area contributed by atoms with Crippen molar-refractivity contribution in [3.63, 3.8) is 0 Å². The van der Waals surface area contributed by atoms with E-state index in [2.05, 4.69) is 24.3 Å². The third-order valence-electron chi connectivity index (χ3n) is 3.04.